The summed E-state index contributed by atoms with van der Waals surface area (Å²) in [6.45, 7) is 0. The van der Waals surface area contributed by atoms with E-state index in [2.05, 4.69) is 41.4 Å². The van der Waals surface area contributed by atoms with Crippen molar-refractivity contribution in [2.24, 2.45) is 0 Å². The quantitative estimate of drug-likeness (QED) is 0.721. The number of nitrogens with one attached hydrogen (secondary N) is 2. The number of aromatic amines is 1. The third kappa shape index (κ3) is 4.23. The van der Waals surface area contributed by atoms with E-state index in [9.17, 15) is 4.79 Å². The fraction of sp³-hybridized carbons (Fsp3) is 0.125. The molecule has 0 spiro atoms. The molecule has 7 heteroatoms. The van der Waals surface area contributed by atoms with Gasteiger partial charge in [0.25, 0.3) is 0 Å². The summed E-state index contributed by atoms with van der Waals surface area (Å²) in [5, 5.41) is 9.50. The summed E-state index contributed by atoms with van der Waals surface area (Å²) in [6.07, 6.45) is 4.39. The zero-order valence-electron chi connectivity index (χ0n) is 12.2. The predicted molar refractivity (Wildman–Crippen MR) is 90.7 cm³/mol. The zero-order valence-corrected chi connectivity index (χ0v) is 13.7. The summed E-state index contributed by atoms with van der Waals surface area (Å²) in [5.41, 5.74) is 1.97. The molecule has 23 heavy (non-hydrogen) atoms. The Labute approximate surface area is 141 Å². The Morgan fingerprint density at radius 1 is 1.13 bits per heavy atom. The number of anilines is 1. The topological polar surface area (TPSA) is 83.6 Å². The normalized spacial score (nSPS) is 10.5. The minimum absolute atomic E-state index is 0.117. The molecule has 0 aliphatic rings. The van der Waals surface area contributed by atoms with Crippen LogP contribution >= 0.6 is 15.9 Å². The molecule has 2 aromatic heterocycles. The number of H-pyrrole nitrogens is 1. The molecule has 0 saturated carbocycles. The van der Waals surface area contributed by atoms with Gasteiger partial charge in [0, 0.05) is 28.9 Å². The van der Waals surface area contributed by atoms with E-state index in [0.717, 1.165) is 15.6 Å². The van der Waals surface area contributed by atoms with E-state index in [-0.39, 0.29) is 11.9 Å². The van der Waals surface area contributed by atoms with Crippen LogP contribution in [-0.4, -0.2) is 26.1 Å². The highest BCUT2D eigenvalue weighted by Gasteiger charge is 2.09. The van der Waals surface area contributed by atoms with Crippen molar-refractivity contribution in [2.45, 2.75) is 12.8 Å². The number of pyridine rings is 1. The van der Waals surface area contributed by atoms with E-state index < -0.39 is 0 Å². The molecule has 0 unspecified atom stereocenters. The van der Waals surface area contributed by atoms with Gasteiger partial charge in [-0.2, -0.15) is 4.98 Å². The lowest BCUT2D eigenvalue weighted by Crippen LogP contribution is -2.13. The van der Waals surface area contributed by atoms with Gasteiger partial charge < -0.3 is 0 Å². The first-order chi connectivity index (χ1) is 11.2. The highest BCUT2D eigenvalue weighted by atomic mass is 79.9. The highest BCUT2D eigenvalue weighted by molar-refractivity contribution is 9.10. The van der Waals surface area contributed by atoms with E-state index in [1.165, 1.54) is 0 Å². The SMILES string of the molecule is O=C(CCc1ccc(Br)cc1)Nc1n[nH]c(-c2ccncc2)n1. The van der Waals surface area contributed by atoms with Gasteiger partial charge in [-0.3, -0.25) is 20.2 Å². The predicted octanol–water partition coefficient (Wildman–Crippen LogP) is 3.20. The Hall–Kier alpha value is -2.54. The standard InChI is InChI=1S/C16H14BrN5O/c17-13-4-1-11(2-5-13)3-6-14(23)19-16-20-15(21-22-16)12-7-9-18-10-8-12/h1-2,4-5,7-10H,3,6H2,(H2,19,20,21,22,23). The van der Waals surface area contributed by atoms with Gasteiger partial charge in [0.2, 0.25) is 11.9 Å². The van der Waals surface area contributed by atoms with Crippen LogP contribution in [0.1, 0.15) is 12.0 Å². The van der Waals surface area contributed by atoms with Crippen molar-refractivity contribution in [3.8, 4) is 11.4 Å². The van der Waals surface area contributed by atoms with E-state index in [4.69, 9.17) is 0 Å². The van der Waals surface area contributed by atoms with Crippen molar-refractivity contribution in [1.82, 2.24) is 20.2 Å². The van der Waals surface area contributed by atoms with Crippen LogP contribution in [-0.2, 0) is 11.2 Å². The molecule has 0 aliphatic carbocycles. The number of hydrogen-bond acceptors (Lipinski definition) is 4. The summed E-state index contributed by atoms with van der Waals surface area (Å²) in [7, 11) is 0. The number of aryl methyl sites for hydroxylation is 1. The summed E-state index contributed by atoms with van der Waals surface area (Å²) in [5.74, 6) is 0.751. The third-order valence-electron chi connectivity index (χ3n) is 3.24. The van der Waals surface area contributed by atoms with Crippen LogP contribution in [0.5, 0.6) is 0 Å². The van der Waals surface area contributed by atoms with E-state index in [0.29, 0.717) is 18.7 Å². The van der Waals surface area contributed by atoms with Gasteiger partial charge in [-0.05, 0) is 36.2 Å². The third-order valence-corrected chi connectivity index (χ3v) is 3.77. The number of carbonyl (C=O) groups is 1. The first-order valence-corrected chi connectivity index (χ1v) is 7.87. The lowest BCUT2D eigenvalue weighted by molar-refractivity contribution is -0.116. The minimum Gasteiger partial charge on any atom is -0.293 e. The van der Waals surface area contributed by atoms with Gasteiger partial charge >= 0.3 is 0 Å². The second-order valence-corrected chi connectivity index (χ2v) is 5.83. The fourth-order valence-corrected chi connectivity index (χ4v) is 2.32. The van der Waals surface area contributed by atoms with Gasteiger partial charge in [-0.15, -0.1) is 5.10 Å². The van der Waals surface area contributed by atoms with E-state index >= 15 is 0 Å². The molecule has 0 bridgehead atoms. The summed E-state index contributed by atoms with van der Waals surface area (Å²) < 4.78 is 1.02. The highest BCUT2D eigenvalue weighted by Crippen LogP contribution is 2.15. The van der Waals surface area contributed by atoms with Crippen LogP contribution < -0.4 is 5.32 Å². The van der Waals surface area contributed by atoms with Gasteiger partial charge in [0.05, 0.1) is 0 Å². The lowest BCUT2D eigenvalue weighted by Gasteiger charge is -2.02. The first kappa shape index (κ1) is 15.4. The van der Waals surface area contributed by atoms with Crippen LogP contribution in [0.2, 0.25) is 0 Å². The molecule has 0 saturated heterocycles. The second kappa shape index (κ2) is 7.15. The van der Waals surface area contributed by atoms with Crippen molar-refractivity contribution in [1.29, 1.82) is 0 Å². The molecule has 3 aromatic rings. The molecule has 6 nitrogen and oxygen atoms in total. The van der Waals surface area contributed by atoms with Gasteiger partial charge in [-0.25, -0.2) is 0 Å². The Bertz CT molecular complexity index is 786. The fourth-order valence-electron chi connectivity index (χ4n) is 2.05. The van der Waals surface area contributed by atoms with Crippen LogP contribution in [0.3, 0.4) is 0 Å². The van der Waals surface area contributed by atoms with E-state index in [1.54, 1.807) is 12.4 Å². The monoisotopic (exact) mass is 371 g/mol. The number of nitrogens with zero attached hydrogens (tertiary/aromatic N) is 3. The van der Waals surface area contributed by atoms with Crippen molar-refractivity contribution < 1.29 is 4.79 Å². The zero-order chi connectivity index (χ0) is 16.1. The smallest absolute Gasteiger partial charge is 0.249 e. The Kier molecular flexibility index (Phi) is 4.77. The van der Waals surface area contributed by atoms with Gasteiger partial charge in [0.15, 0.2) is 5.82 Å². The lowest BCUT2D eigenvalue weighted by atomic mass is 10.1. The maximum absolute atomic E-state index is 12.0. The van der Waals surface area contributed by atoms with Crippen molar-refractivity contribution >= 4 is 27.8 Å². The molecular formula is C16H14BrN5O. The van der Waals surface area contributed by atoms with Crippen LogP contribution in [0.4, 0.5) is 5.95 Å². The minimum atomic E-state index is -0.117. The molecule has 0 radical (unpaired) electrons. The number of amides is 1. The van der Waals surface area contributed by atoms with Crippen molar-refractivity contribution in [2.75, 3.05) is 5.32 Å². The molecule has 116 valence electrons. The molecule has 1 aromatic carbocycles. The molecule has 1 amide bonds. The molecule has 3 rings (SSSR count). The maximum Gasteiger partial charge on any atom is 0.249 e. The second-order valence-electron chi connectivity index (χ2n) is 4.92. The maximum atomic E-state index is 12.0. The summed E-state index contributed by atoms with van der Waals surface area (Å²) >= 11 is 3.39. The number of hydrogen-bond donors (Lipinski definition) is 2. The molecule has 2 heterocycles. The number of aromatic nitrogens is 4. The van der Waals surface area contributed by atoms with Crippen molar-refractivity contribution in [3.63, 3.8) is 0 Å². The number of halogens is 1. The number of rotatable bonds is 5. The Morgan fingerprint density at radius 3 is 2.61 bits per heavy atom. The molecule has 0 fully saturated rings. The molecule has 0 atom stereocenters. The molecule has 0 aliphatic heterocycles. The van der Waals surface area contributed by atoms with Crippen LogP contribution in [0, 0.1) is 0 Å². The van der Waals surface area contributed by atoms with Crippen molar-refractivity contribution in [3.05, 3.63) is 58.8 Å². The van der Waals surface area contributed by atoms with Gasteiger partial charge in [-0.1, -0.05) is 28.1 Å². The molecule has 2 N–H and O–H groups in total. The molecular weight excluding hydrogens is 358 g/mol. The number of benzene rings is 1. The number of carbonyl (C=O) groups excluding carboxylic acids is 1. The average molecular weight is 372 g/mol. The average Bonchev–Trinajstić information content (AvgIpc) is 3.04. The van der Waals surface area contributed by atoms with Gasteiger partial charge in [0.1, 0.15) is 0 Å². The Morgan fingerprint density at radius 2 is 1.87 bits per heavy atom. The Balaban J connectivity index is 1.56. The van der Waals surface area contributed by atoms with Crippen LogP contribution in [0.15, 0.2) is 53.3 Å². The largest absolute Gasteiger partial charge is 0.293 e. The summed E-state index contributed by atoms with van der Waals surface area (Å²) in [4.78, 5) is 20.2. The van der Waals surface area contributed by atoms with E-state index in [1.807, 2.05) is 36.4 Å². The van der Waals surface area contributed by atoms with Crippen LogP contribution in [0.25, 0.3) is 11.4 Å². The summed E-state index contributed by atoms with van der Waals surface area (Å²) in [6, 6.07) is 11.5. The first-order valence-electron chi connectivity index (χ1n) is 7.08.